The third kappa shape index (κ3) is 4.16. The first-order chi connectivity index (χ1) is 13.1. The number of carbonyl (C=O) groups excluding carboxylic acids is 1. The van der Waals surface area contributed by atoms with Gasteiger partial charge in [-0.1, -0.05) is 0 Å². The van der Waals surface area contributed by atoms with Crippen molar-refractivity contribution in [2.75, 3.05) is 32.8 Å². The monoisotopic (exact) mass is 378 g/mol. The molecule has 0 spiro atoms. The highest BCUT2D eigenvalue weighted by Gasteiger charge is 2.38. The van der Waals surface area contributed by atoms with Crippen LogP contribution in [-0.2, 0) is 16.1 Å². The molecule has 3 heterocycles. The molecule has 1 aromatic rings. The normalized spacial score (nSPS) is 27.4. The summed E-state index contributed by atoms with van der Waals surface area (Å²) in [5.74, 6) is 0.0804. The molecule has 4 nitrogen and oxygen atoms in total. The van der Waals surface area contributed by atoms with Crippen LogP contribution in [0.1, 0.15) is 37.7 Å². The van der Waals surface area contributed by atoms with Crippen LogP contribution in [0.4, 0.5) is 8.78 Å². The number of hydrogen-bond donors (Lipinski definition) is 0. The van der Waals surface area contributed by atoms with E-state index in [1.54, 1.807) is 0 Å². The highest BCUT2D eigenvalue weighted by atomic mass is 19.1. The molecule has 0 saturated carbocycles. The van der Waals surface area contributed by atoms with E-state index in [-0.39, 0.29) is 17.6 Å². The Labute approximate surface area is 159 Å². The standard InChI is InChI=1S/C21H28F2N2O2/c22-18-3-4-19(23)17(12-18)14-24-8-1-2-16-13-25(9-5-20(16)24)21(26)15-6-10-27-11-7-15/h3-4,12,15-16,20H,1-2,5-11,13-14H2/t16-,20+/m1/s1. The molecule has 3 fully saturated rings. The van der Waals surface area contributed by atoms with E-state index in [0.29, 0.717) is 37.3 Å². The van der Waals surface area contributed by atoms with Gasteiger partial charge in [0.2, 0.25) is 5.91 Å². The maximum Gasteiger partial charge on any atom is 0.225 e. The Hall–Kier alpha value is -1.53. The maximum absolute atomic E-state index is 14.1. The molecular weight excluding hydrogens is 350 g/mol. The summed E-state index contributed by atoms with van der Waals surface area (Å²) >= 11 is 0. The Kier molecular flexibility index (Phi) is 5.74. The van der Waals surface area contributed by atoms with Crippen LogP contribution in [0, 0.1) is 23.5 Å². The number of ether oxygens (including phenoxy) is 1. The van der Waals surface area contributed by atoms with E-state index >= 15 is 0 Å². The number of carbonyl (C=O) groups is 1. The molecule has 2 atom stereocenters. The summed E-state index contributed by atoms with van der Waals surface area (Å²) in [6.45, 7) is 4.28. The summed E-state index contributed by atoms with van der Waals surface area (Å²) in [6, 6.07) is 4.03. The predicted octanol–water partition coefficient (Wildman–Crippen LogP) is 3.20. The van der Waals surface area contributed by atoms with Crippen molar-refractivity contribution in [1.82, 2.24) is 9.80 Å². The zero-order valence-electron chi connectivity index (χ0n) is 15.7. The lowest BCUT2D eigenvalue weighted by Crippen LogP contribution is -2.55. The zero-order chi connectivity index (χ0) is 18.8. The van der Waals surface area contributed by atoms with E-state index in [9.17, 15) is 13.6 Å². The molecule has 27 heavy (non-hydrogen) atoms. The number of benzene rings is 1. The van der Waals surface area contributed by atoms with Gasteiger partial charge in [-0.25, -0.2) is 8.78 Å². The Balaban J connectivity index is 1.40. The number of hydrogen-bond acceptors (Lipinski definition) is 3. The predicted molar refractivity (Wildman–Crippen MR) is 98.0 cm³/mol. The molecule has 3 aliphatic rings. The van der Waals surface area contributed by atoms with Crippen LogP contribution in [0.5, 0.6) is 0 Å². The lowest BCUT2D eigenvalue weighted by atomic mass is 9.83. The molecule has 4 rings (SSSR count). The van der Waals surface area contributed by atoms with Crippen LogP contribution in [0.25, 0.3) is 0 Å². The van der Waals surface area contributed by atoms with Gasteiger partial charge in [0.05, 0.1) is 0 Å². The minimum absolute atomic E-state index is 0.108. The second-order valence-corrected chi connectivity index (χ2v) is 8.14. The minimum Gasteiger partial charge on any atom is -0.381 e. The number of fused-ring (bicyclic) bond motifs is 1. The molecule has 1 aromatic carbocycles. The van der Waals surface area contributed by atoms with Crippen LogP contribution < -0.4 is 0 Å². The third-order valence-electron chi connectivity index (χ3n) is 6.45. The van der Waals surface area contributed by atoms with Crippen LogP contribution in [0.15, 0.2) is 18.2 Å². The van der Waals surface area contributed by atoms with Gasteiger partial charge in [-0.3, -0.25) is 9.69 Å². The van der Waals surface area contributed by atoms with Gasteiger partial charge < -0.3 is 9.64 Å². The molecule has 3 saturated heterocycles. The van der Waals surface area contributed by atoms with Gasteiger partial charge in [-0.2, -0.15) is 0 Å². The molecule has 148 valence electrons. The van der Waals surface area contributed by atoms with Gasteiger partial charge >= 0.3 is 0 Å². The smallest absolute Gasteiger partial charge is 0.225 e. The Morgan fingerprint density at radius 2 is 1.93 bits per heavy atom. The van der Waals surface area contributed by atoms with Crippen molar-refractivity contribution in [3.63, 3.8) is 0 Å². The van der Waals surface area contributed by atoms with E-state index in [2.05, 4.69) is 4.90 Å². The topological polar surface area (TPSA) is 32.8 Å². The molecule has 0 aliphatic carbocycles. The molecule has 3 aliphatic heterocycles. The molecule has 1 amide bonds. The third-order valence-corrected chi connectivity index (χ3v) is 6.45. The minimum atomic E-state index is -0.392. The summed E-state index contributed by atoms with van der Waals surface area (Å²) in [5, 5.41) is 0. The van der Waals surface area contributed by atoms with Crippen LogP contribution in [0.3, 0.4) is 0 Å². The lowest BCUT2D eigenvalue weighted by Gasteiger charge is -2.48. The number of nitrogens with zero attached hydrogens (tertiary/aromatic N) is 2. The number of amides is 1. The fraction of sp³-hybridized carbons (Fsp3) is 0.667. The van der Waals surface area contributed by atoms with Crippen LogP contribution in [-0.4, -0.2) is 54.6 Å². The molecule has 6 heteroatoms. The summed E-state index contributed by atoms with van der Waals surface area (Å²) in [5.41, 5.74) is 0.427. The van der Waals surface area contributed by atoms with Crippen molar-refractivity contribution in [3.8, 4) is 0 Å². The Morgan fingerprint density at radius 1 is 1.11 bits per heavy atom. The number of likely N-dealkylation sites (tertiary alicyclic amines) is 2. The van der Waals surface area contributed by atoms with Gasteiger partial charge in [0.15, 0.2) is 0 Å². The summed E-state index contributed by atoms with van der Waals surface area (Å²) in [7, 11) is 0. The van der Waals surface area contributed by atoms with Gasteiger partial charge in [-0.15, -0.1) is 0 Å². The maximum atomic E-state index is 14.1. The second kappa shape index (κ2) is 8.23. The quantitative estimate of drug-likeness (QED) is 0.810. The first-order valence-electron chi connectivity index (χ1n) is 10.2. The van der Waals surface area contributed by atoms with Crippen molar-refractivity contribution in [3.05, 3.63) is 35.4 Å². The highest BCUT2D eigenvalue weighted by molar-refractivity contribution is 5.79. The molecule has 0 bridgehead atoms. The highest BCUT2D eigenvalue weighted by Crippen LogP contribution is 2.33. The van der Waals surface area contributed by atoms with E-state index in [0.717, 1.165) is 57.8 Å². The zero-order valence-corrected chi connectivity index (χ0v) is 15.7. The second-order valence-electron chi connectivity index (χ2n) is 8.14. The number of rotatable bonds is 3. The first-order valence-corrected chi connectivity index (χ1v) is 10.2. The van der Waals surface area contributed by atoms with Gasteiger partial charge in [0.1, 0.15) is 11.6 Å². The number of halogens is 2. The van der Waals surface area contributed by atoms with Crippen molar-refractivity contribution in [2.45, 2.75) is 44.7 Å². The molecule has 0 radical (unpaired) electrons. The van der Waals surface area contributed by atoms with Gasteiger partial charge in [0.25, 0.3) is 0 Å². The van der Waals surface area contributed by atoms with E-state index < -0.39 is 5.82 Å². The van der Waals surface area contributed by atoms with E-state index in [1.165, 1.54) is 12.1 Å². The largest absolute Gasteiger partial charge is 0.381 e. The van der Waals surface area contributed by atoms with E-state index in [4.69, 9.17) is 4.74 Å². The molecule has 0 aromatic heterocycles. The average molecular weight is 378 g/mol. The van der Waals surface area contributed by atoms with Gasteiger partial charge in [0, 0.05) is 50.4 Å². The fourth-order valence-electron chi connectivity index (χ4n) is 4.99. The average Bonchev–Trinajstić information content (AvgIpc) is 2.70. The first kappa shape index (κ1) is 18.8. The van der Waals surface area contributed by atoms with Crippen molar-refractivity contribution in [1.29, 1.82) is 0 Å². The summed E-state index contributed by atoms with van der Waals surface area (Å²) in [4.78, 5) is 17.2. The Bertz CT molecular complexity index is 678. The number of piperidine rings is 2. The Morgan fingerprint density at radius 3 is 2.74 bits per heavy atom. The summed E-state index contributed by atoms with van der Waals surface area (Å²) < 4.78 is 33.0. The SMILES string of the molecule is O=C(C1CCOCC1)N1CC[C@H]2[C@H](CCCN2Cc2cc(F)ccc2F)C1. The van der Waals surface area contributed by atoms with Crippen LogP contribution in [0.2, 0.25) is 0 Å². The van der Waals surface area contributed by atoms with Crippen molar-refractivity contribution >= 4 is 5.91 Å². The van der Waals surface area contributed by atoms with Crippen LogP contribution >= 0.6 is 0 Å². The van der Waals surface area contributed by atoms with Gasteiger partial charge in [-0.05, 0) is 62.8 Å². The lowest BCUT2D eigenvalue weighted by molar-refractivity contribution is -0.142. The fourth-order valence-corrected chi connectivity index (χ4v) is 4.99. The van der Waals surface area contributed by atoms with E-state index in [1.807, 2.05) is 4.90 Å². The summed E-state index contributed by atoms with van der Waals surface area (Å²) in [6.07, 6.45) is 4.71. The van der Waals surface area contributed by atoms with Crippen molar-refractivity contribution < 1.29 is 18.3 Å². The molecule has 0 N–H and O–H groups in total. The van der Waals surface area contributed by atoms with Crippen molar-refractivity contribution in [2.24, 2.45) is 11.8 Å². The molecular formula is C21H28F2N2O2. The molecule has 0 unspecified atom stereocenters.